The molecule has 1 aliphatic carbocycles. The molecule has 204 valence electrons. The van der Waals surface area contributed by atoms with Crippen LogP contribution in [0.3, 0.4) is 0 Å². The molecule has 0 radical (unpaired) electrons. The van der Waals surface area contributed by atoms with Crippen LogP contribution in [0.2, 0.25) is 0 Å². The van der Waals surface area contributed by atoms with Crippen LogP contribution in [0.25, 0.3) is 22.3 Å². The summed E-state index contributed by atoms with van der Waals surface area (Å²) in [4.78, 5) is 41.9. The monoisotopic (exact) mass is 556 g/mol. The Bertz CT molecular complexity index is 1710. The first kappa shape index (κ1) is 25.4. The van der Waals surface area contributed by atoms with E-state index in [0.717, 1.165) is 17.7 Å². The molecule has 1 saturated carbocycles. The molecule has 4 aromatic rings. The summed E-state index contributed by atoms with van der Waals surface area (Å²) in [5.41, 5.74) is 1.39. The molecule has 11 nitrogen and oxygen atoms in total. The summed E-state index contributed by atoms with van der Waals surface area (Å²) < 4.78 is 28.3. The second-order valence-corrected chi connectivity index (χ2v) is 10.9. The highest BCUT2D eigenvalue weighted by Gasteiger charge is 2.33. The number of imidazole rings is 1. The van der Waals surface area contributed by atoms with E-state index in [4.69, 9.17) is 9.98 Å². The van der Waals surface area contributed by atoms with Gasteiger partial charge in [-0.1, -0.05) is 0 Å². The summed E-state index contributed by atoms with van der Waals surface area (Å²) in [5, 5.41) is 17.8. The fourth-order valence-corrected chi connectivity index (χ4v) is 5.32. The fourth-order valence-electron chi connectivity index (χ4n) is 4.44. The molecule has 14 heteroatoms. The summed E-state index contributed by atoms with van der Waals surface area (Å²) in [6, 6.07) is 5.60. The summed E-state index contributed by atoms with van der Waals surface area (Å²) in [7, 11) is 0. The minimum atomic E-state index is -2.59. The number of aromatic hydroxyl groups is 1. The molecule has 2 aliphatic rings. The molecule has 1 saturated heterocycles. The van der Waals surface area contributed by atoms with Gasteiger partial charge in [-0.3, -0.25) is 14.8 Å². The third-order valence-corrected chi connectivity index (χ3v) is 7.87. The number of fused-ring (bicyclic) bond motifs is 1. The molecule has 0 aromatic carbocycles. The molecule has 0 unspecified atom stereocenters. The van der Waals surface area contributed by atoms with Crippen LogP contribution in [0.1, 0.15) is 41.0 Å². The number of hydrogen-bond acceptors (Lipinski definition) is 8. The molecule has 1 amide bonds. The van der Waals surface area contributed by atoms with Gasteiger partial charge in [0.1, 0.15) is 5.69 Å². The number of amides is 1. The van der Waals surface area contributed by atoms with Gasteiger partial charge in [0.2, 0.25) is 5.88 Å². The second-order valence-electron chi connectivity index (χ2n) is 9.80. The maximum absolute atomic E-state index is 13.4. The Labute approximate surface area is 223 Å². The number of likely N-dealkylation sites (tertiary alicyclic amines) is 1. The predicted molar refractivity (Wildman–Crippen MR) is 140 cm³/mol. The zero-order valence-corrected chi connectivity index (χ0v) is 21.6. The molecule has 0 bridgehead atoms. The van der Waals surface area contributed by atoms with Crippen LogP contribution in [0, 0.1) is 0 Å². The summed E-state index contributed by atoms with van der Waals surface area (Å²) >= 11 is 1.29. The molecular weight excluding hydrogens is 530 g/mol. The van der Waals surface area contributed by atoms with Crippen LogP contribution in [0.4, 0.5) is 8.78 Å². The van der Waals surface area contributed by atoms with E-state index < -0.39 is 11.6 Å². The minimum Gasteiger partial charge on any atom is -0.493 e. The number of hydrogen-bond donors (Lipinski definition) is 4. The number of aromatic amines is 2. The highest BCUT2D eigenvalue weighted by atomic mass is 32.1. The highest BCUT2D eigenvalue weighted by Crippen LogP contribution is 2.28. The molecule has 0 atom stereocenters. The number of thiophene rings is 1. The van der Waals surface area contributed by atoms with Gasteiger partial charge in [-0.25, -0.2) is 18.6 Å². The number of H-pyrrole nitrogens is 2. The van der Waals surface area contributed by atoms with Gasteiger partial charge in [0.25, 0.3) is 11.8 Å². The lowest BCUT2D eigenvalue weighted by atomic mass is 10.1. The lowest BCUT2D eigenvalue weighted by Crippen LogP contribution is -2.42. The Hall–Kier alpha value is -3.91. The number of halogens is 2. The molecule has 4 N–H and O–H groups in total. The molecular formula is C25H26F2N8O3S. The van der Waals surface area contributed by atoms with Gasteiger partial charge in [-0.05, 0) is 31.1 Å². The average molecular weight is 557 g/mol. The number of rotatable bonds is 7. The van der Waals surface area contributed by atoms with Crippen molar-refractivity contribution >= 4 is 29.0 Å². The Morgan fingerprint density at radius 2 is 2.08 bits per heavy atom. The summed E-state index contributed by atoms with van der Waals surface area (Å²) in [6.07, 6.45) is 4.86. The number of carbonyl (C=O) groups is 1. The van der Waals surface area contributed by atoms with Crippen molar-refractivity contribution in [1.29, 1.82) is 0 Å². The largest absolute Gasteiger partial charge is 0.493 e. The first-order valence-electron chi connectivity index (χ1n) is 12.7. The van der Waals surface area contributed by atoms with Crippen LogP contribution in [0.15, 0.2) is 34.2 Å². The summed E-state index contributed by atoms with van der Waals surface area (Å²) in [5.74, 6) is -3.11. The normalized spacial score (nSPS) is 18.7. The number of aromatic nitrogens is 5. The first-order valence-corrected chi connectivity index (χ1v) is 13.5. The topological polar surface area (TPSA) is 144 Å². The van der Waals surface area contributed by atoms with Crippen molar-refractivity contribution in [1.82, 2.24) is 34.8 Å². The van der Waals surface area contributed by atoms with E-state index in [1.54, 1.807) is 22.9 Å². The van der Waals surface area contributed by atoms with Crippen LogP contribution in [0.5, 0.6) is 5.88 Å². The average Bonchev–Trinajstić information content (AvgIpc) is 3.27. The SMILES string of the molecule is O=C(NCCN1CCC(F)(F)CC1)c1ccc(-c2cc(=NC3CC3)n3nc/c(=C\c4[nH]c(=O)[nH]c4O)c3n2)s1. The zero-order valence-electron chi connectivity index (χ0n) is 20.8. The third-order valence-electron chi connectivity index (χ3n) is 6.76. The van der Waals surface area contributed by atoms with Crippen molar-refractivity contribution < 1.29 is 18.7 Å². The molecule has 6 rings (SSSR count). The van der Waals surface area contributed by atoms with Crippen molar-refractivity contribution in [3.63, 3.8) is 0 Å². The highest BCUT2D eigenvalue weighted by molar-refractivity contribution is 7.17. The second kappa shape index (κ2) is 10.0. The van der Waals surface area contributed by atoms with E-state index in [9.17, 15) is 23.5 Å². The van der Waals surface area contributed by atoms with E-state index in [2.05, 4.69) is 20.4 Å². The molecule has 4 aromatic heterocycles. The Morgan fingerprint density at radius 3 is 2.79 bits per heavy atom. The van der Waals surface area contributed by atoms with Crippen molar-refractivity contribution in [2.24, 2.45) is 4.99 Å². The number of nitrogens with zero attached hydrogens (tertiary/aromatic N) is 5. The van der Waals surface area contributed by atoms with E-state index in [1.165, 1.54) is 11.3 Å². The molecule has 39 heavy (non-hydrogen) atoms. The van der Waals surface area contributed by atoms with E-state index in [1.807, 2.05) is 17.0 Å². The lowest BCUT2D eigenvalue weighted by molar-refractivity contribution is -0.0547. The lowest BCUT2D eigenvalue weighted by Gasteiger charge is -2.31. The minimum absolute atomic E-state index is 0.150. The fraction of sp³-hybridized carbons (Fsp3) is 0.400. The van der Waals surface area contributed by atoms with Gasteiger partial charge in [0.15, 0.2) is 11.1 Å². The van der Waals surface area contributed by atoms with Crippen molar-refractivity contribution in [2.75, 3.05) is 26.2 Å². The van der Waals surface area contributed by atoms with Crippen molar-refractivity contribution in [3.05, 3.63) is 56.2 Å². The van der Waals surface area contributed by atoms with E-state index in [0.29, 0.717) is 53.1 Å². The van der Waals surface area contributed by atoms with E-state index in [-0.39, 0.29) is 36.4 Å². The predicted octanol–water partition coefficient (Wildman–Crippen LogP) is 1.25. The molecule has 1 aliphatic heterocycles. The maximum Gasteiger partial charge on any atom is 0.326 e. The number of nitrogens with one attached hydrogen (secondary N) is 3. The standard InChI is InChI=1S/C25H26F2N8O3S/c26-25(27)5-8-34(9-6-25)10-7-28-23(37)19-4-3-18(39-19)16-12-20(30-15-1-2-15)35-21(31-16)14(13-29-35)11-17-22(36)33-24(38)32-17/h3-4,11-13,15,36H,1-2,5-10H2,(H,28,37)(H2,32,33,38)/b14-11+,30-20?. The maximum atomic E-state index is 13.4. The zero-order chi connectivity index (χ0) is 27.1. The van der Waals surface area contributed by atoms with Gasteiger partial charge in [0, 0.05) is 50.3 Å². The number of alkyl halides is 2. The number of piperidine rings is 1. The van der Waals surface area contributed by atoms with Crippen LogP contribution < -0.4 is 21.7 Å². The Balaban J connectivity index is 1.24. The van der Waals surface area contributed by atoms with Gasteiger partial charge in [-0.15, -0.1) is 11.3 Å². The Morgan fingerprint density at radius 1 is 1.28 bits per heavy atom. The van der Waals surface area contributed by atoms with E-state index >= 15 is 0 Å². The van der Waals surface area contributed by atoms with Crippen molar-refractivity contribution in [2.45, 2.75) is 37.6 Å². The van der Waals surface area contributed by atoms with Crippen LogP contribution in [-0.4, -0.2) is 78.6 Å². The van der Waals surface area contributed by atoms with Gasteiger partial charge >= 0.3 is 5.69 Å². The smallest absolute Gasteiger partial charge is 0.326 e. The van der Waals surface area contributed by atoms with Crippen LogP contribution in [-0.2, 0) is 0 Å². The van der Waals surface area contributed by atoms with Gasteiger partial charge < -0.3 is 20.3 Å². The first-order chi connectivity index (χ1) is 18.7. The molecule has 0 spiro atoms. The van der Waals surface area contributed by atoms with Crippen molar-refractivity contribution in [3.8, 4) is 16.5 Å². The summed E-state index contributed by atoms with van der Waals surface area (Å²) in [6.45, 7) is 1.53. The quantitative estimate of drug-likeness (QED) is 0.270. The van der Waals surface area contributed by atoms with Gasteiger partial charge in [-0.2, -0.15) is 9.61 Å². The third kappa shape index (κ3) is 5.61. The molecule has 5 heterocycles. The van der Waals surface area contributed by atoms with Gasteiger partial charge in [0.05, 0.1) is 27.7 Å². The number of carbonyl (C=O) groups excluding carboxylic acids is 1. The molecule has 2 fully saturated rings. The van der Waals surface area contributed by atoms with Crippen LogP contribution >= 0.6 is 11.3 Å². The Kier molecular flexibility index (Phi) is 6.51.